The first-order valence-corrected chi connectivity index (χ1v) is 8.73. The normalized spacial score (nSPS) is 18.1. The van der Waals surface area contributed by atoms with Crippen molar-refractivity contribution in [3.05, 3.63) is 34.4 Å². The molecule has 0 radical (unpaired) electrons. The lowest BCUT2D eigenvalue weighted by Crippen LogP contribution is -2.49. The number of benzene rings is 1. The first-order valence-electron chi connectivity index (χ1n) is 7.25. The molecule has 1 fully saturated rings. The summed E-state index contributed by atoms with van der Waals surface area (Å²) in [4.78, 5) is 21.5. The number of para-hydroxylation sites is 1. The van der Waals surface area contributed by atoms with Crippen molar-refractivity contribution in [2.24, 2.45) is 0 Å². The van der Waals surface area contributed by atoms with Gasteiger partial charge in [-0.25, -0.2) is 13.1 Å². The number of rotatable bonds is 7. The van der Waals surface area contributed by atoms with E-state index in [2.05, 4.69) is 15.4 Å². The number of nitro groups is 1. The number of amides is 1. The van der Waals surface area contributed by atoms with Crippen LogP contribution < -0.4 is 15.4 Å². The Labute approximate surface area is 138 Å². The third kappa shape index (κ3) is 4.71. The van der Waals surface area contributed by atoms with Crippen LogP contribution >= 0.6 is 0 Å². The Morgan fingerprint density at radius 3 is 2.79 bits per heavy atom. The van der Waals surface area contributed by atoms with Crippen LogP contribution in [0.4, 0.5) is 5.69 Å². The Morgan fingerprint density at radius 2 is 2.12 bits per heavy atom. The number of nitrogens with one attached hydrogen (secondary N) is 3. The van der Waals surface area contributed by atoms with Crippen molar-refractivity contribution < 1.29 is 22.9 Å². The molecule has 1 heterocycles. The number of hydrogen-bond donors (Lipinski definition) is 3. The fraction of sp³-hybridized carbons (Fsp3) is 0.462. The molecule has 11 heteroatoms. The van der Waals surface area contributed by atoms with Gasteiger partial charge < -0.3 is 15.4 Å². The number of morpholine rings is 1. The first kappa shape index (κ1) is 18.3. The third-order valence-electron chi connectivity index (χ3n) is 3.29. The quantitative estimate of drug-likeness (QED) is 0.322. The van der Waals surface area contributed by atoms with Gasteiger partial charge in [0, 0.05) is 32.2 Å². The van der Waals surface area contributed by atoms with E-state index in [1.54, 1.807) is 0 Å². The lowest BCUT2D eigenvalue weighted by molar-refractivity contribution is -0.387. The monoisotopic (exact) mass is 358 g/mol. The second-order valence-electron chi connectivity index (χ2n) is 4.98. The first-order chi connectivity index (χ1) is 11.4. The minimum absolute atomic E-state index is 0.0402. The van der Waals surface area contributed by atoms with Gasteiger partial charge in [0.05, 0.1) is 11.5 Å². The molecule has 2 rings (SSSR count). The Kier molecular flexibility index (Phi) is 6.20. The summed E-state index contributed by atoms with van der Waals surface area (Å²) in [6.07, 6.45) is -0.606. The van der Waals surface area contributed by atoms with Crippen LogP contribution in [0.5, 0.6) is 0 Å². The van der Waals surface area contributed by atoms with Crippen molar-refractivity contribution in [1.29, 1.82) is 0 Å². The molecule has 3 N–H and O–H groups in total. The number of carbonyl (C=O) groups is 1. The van der Waals surface area contributed by atoms with E-state index >= 15 is 0 Å². The summed E-state index contributed by atoms with van der Waals surface area (Å²) in [6, 6.07) is 5.05. The maximum atomic E-state index is 12.1. The zero-order chi connectivity index (χ0) is 17.6. The molecular formula is C13H18N4O6S. The molecule has 0 aliphatic carbocycles. The van der Waals surface area contributed by atoms with Crippen LogP contribution in [-0.2, 0) is 19.6 Å². The van der Waals surface area contributed by atoms with Crippen molar-refractivity contribution in [2.75, 3.05) is 32.8 Å². The number of hydrogen-bond acceptors (Lipinski definition) is 7. The van der Waals surface area contributed by atoms with Crippen LogP contribution in [-0.4, -0.2) is 58.1 Å². The number of carbonyl (C=O) groups excluding carboxylic acids is 1. The highest BCUT2D eigenvalue weighted by molar-refractivity contribution is 7.89. The van der Waals surface area contributed by atoms with Crippen molar-refractivity contribution in [3.63, 3.8) is 0 Å². The lowest BCUT2D eigenvalue weighted by Gasteiger charge is -2.22. The molecule has 0 bridgehead atoms. The SMILES string of the molecule is O=C(NCCNS(=O)(=O)c1ccccc1[N+](=O)[O-])C1CNCCO1. The van der Waals surface area contributed by atoms with E-state index in [9.17, 15) is 23.3 Å². The van der Waals surface area contributed by atoms with E-state index < -0.39 is 31.6 Å². The maximum Gasteiger partial charge on any atom is 0.289 e. The van der Waals surface area contributed by atoms with Crippen LogP contribution in [0.2, 0.25) is 0 Å². The molecule has 24 heavy (non-hydrogen) atoms. The fourth-order valence-electron chi connectivity index (χ4n) is 2.13. The van der Waals surface area contributed by atoms with Crippen LogP contribution in [0.25, 0.3) is 0 Å². The van der Waals surface area contributed by atoms with Gasteiger partial charge in [-0.2, -0.15) is 0 Å². The van der Waals surface area contributed by atoms with E-state index in [-0.39, 0.29) is 19.0 Å². The second-order valence-corrected chi connectivity index (χ2v) is 6.71. The van der Waals surface area contributed by atoms with Crippen LogP contribution in [0.1, 0.15) is 0 Å². The summed E-state index contributed by atoms with van der Waals surface area (Å²) in [5.41, 5.74) is -0.504. The van der Waals surface area contributed by atoms with Gasteiger partial charge in [0.2, 0.25) is 10.0 Å². The minimum atomic E-state index is -4.05. The summed E-state index contributed by atoms with van der Waals surface area (Å²) in [5, 5.41) is 16.5. The van der Waals surface area contributed by atoms with E-state index in [1.165, 1.54) is 12.1 Å². The fourth-order valence-corrected chi connectivity index (χ4v) is 3.33. The number of nitrogens with zero attached hydrogens (tertiary/aromatic N) is 1. The van der Waals surface area contributed by atoms with E-state index in [0.29, 0.717) is 19.7 Å². The smallest absolute Gasteiger partial charge is 0.289 e. The summed E-state index contributed by atoms with van der Waals surface area (Å²) in [6.45, 7) is 1.45. The van der Waals surface area contributed by atoms with Gasteiger partial charge in [0.1, 0.15) is 6.10 Å². The Hall–Kier alpha value is -2.08. The molecule has 1 atom stereocenters. The van der Waals surface area contributed by atoms with Gasteiger partial charge in [-0.15, -0.1) is 0 Å². The predicted molar refractivity (Wildman–Crippen MR) is 83.9 cm³/mol. The van der Waals surface area contributed by atoms with Crippen molar-refractivity contribution in [3.8, 4) is 0 Å². The van der Waals surface area contributed by atoms with E-state index in [0.717, 1.165) is 12.1 Å². The van der Waals surface area contributed by atoms with Crippen molar-refractivity contribution in [2.45, 2.75) is 11.0 Å². The predicted octanol–water partition coefficient (Wildman–Crippen LogP) is -1.02. The molecule has 1 amide bonds. The standard InChI is InChI=1S/C13H18N4O6S/c18-13(11-9-14-7-8-23-11)15-5-6-16-24(21,22)12-4-2-1-3-10(12)17(19)20/h1-4,11,14,16H,5-9H2,(H,15,18). The molecule has 1 unspecified atom stereocenters. The lowest BCUT2D eigenvalue weighted by atomic mass is 10.3. The van der Waals surface area contributed by atoms with Gasteiger partial charge in [0.25, 0.3) is 11.6 Å². The van der Waals surface area contributed by atoms with Gasteiger partial charge >= 0.3 is 0 Å². The maximum absolute atomic E-state index is 12.1. The summed E-state index contributed by atoms with van der Waals surface area (Å²) >= 11 is 0. The largest absolute Gasteiger partial charge is 0.366 e. The molecule has 1 aromatic rings. The molecule has 132 valence electrons. The highest BCUT2D eigenvalue weighted by Crippen LogP contribution is 2.22. The van der Waals surface area contributed by atoms with Crippen molar-refractivity contribution >= 4 is 21.6 Å². The molecule has 0 saturated carbocycles. The average molecular weight is 358 g/mol. The van der Waals surface area contributed by atoms with Crippen LogP contribution in [0, 0.1) is 10.1 Å². The Balaban J connectivity index is 1.87. The van der Waals surface area contributed by atoms with Gasteiger partial charge in [-0.1, -0.05) is 12.1 Å². The van der Waals surface area contributed by atoms with Crippen molar-refractivity contribution in [1.82, 2.24) is 15.4 Å². The van der Waals surface area contributed by atoms with E-state index in [1.807, 2.05) is 0 Å². The number of nitro benzene ring substituents is 1. The summed E-state index contributed by atoms with van der Waals surface area (Å²) in [7, 11) is -4.05. The Bertz CT molecular complexity index is 702. The van der Waals surface area contributed by atoms with Gasteiger partial charge in [0.15, 0.2) is 4.90 Å². The third-order valence-corrected chi connectivity index (χ3v) is 4.80. The van der Waals surface area contributed by atoms with Gasteiger partial charge in [-0.05, 0) is 6.07 Å². The minimum Gasteiger partial charge on any atom is -0.366 e. The molecule has 1 aromatic carbocycles. The van der Waals surface area contributed by atoms with Crippen LogP contribution in [0.15, 0.2) is 29.2 Å². The molecular weight excluding hydrogens is 340 g/mol. The van der Waals surface area contributed by atoms with Gasteiger partial charge in [-0.3, -0.25) is 14.9 Å². The molecule has 0 aromatic heterocycles. The topological polar surface area (TPSA) is 140 Å². The van der Waals surface area contributed by atoms with E-state index in [4.69, 9.17) is 4.74 Å². The second kappa shape index (κ2) is 8.15. The summed E-state index contributed by atoms with van der Waals surface area (Å²) < 4.78 is 31.8. The number of sulfonamides is 1. The molecule has 1 saturated heterocycles. The Morgan fingerprint density at radius 1 is 1.38 bits per heavy atom. The highest BCUT2D eigenvalue weighted by atomic mass is 32.2. The summed E-state index contributed by atoms with van der Waals surface area (Å²) in [5.74, 6) is -0.341. The van der Waals surface area contributed by atoms with Crippen LogP contribution in [0.3, 0.4) is 0 Å². The molecule has 10 nitrogen and oxygen atoms in total. The highest BCUT2D eigenvalue weighted by Gasteiger charge is 2.25. The molecule has 1 aliphatic rings. The number of ether oxygens (including phenoxy) is 1. The zero-order valence-electron chi connectivity index (χ0n) is 12.7. The molecule has 0 spiro atoms. The zero-order valence-corrected chi connectivity index (χ0v) is 13.5. The molecule has 1 aliphatic heterocycles. The average Bonchev–Trinajstić information content (AvgIpc) is 2.59.